The minimum absolute atomic E-state index is 0.0422. The van der Waals surface area contributed by atoms with Crippen LogP contribution >= 0.6 is 15.9 Å². The number of hydrogen-bond acceptors (Lipinski definition) is 3. The highest BCUT2D eigenvalue weighted by Crippen LogP contribution is 2.11. The molecule has 1 amide bonds. The molecule has 1 atom stereocenters. The Hall–Kier alpha value is -0.940. The molecular weight excluding hydrogens is 272 g/mol. The fraction of sp³-hybridized carbons (Fsp3) is 0.455. The molecule has 0 aliphatic rings. The van der Waals surface area contributed by atoms with Gasteiger partial charge in [0.1, 0.15) is 5.82 Å². The maximum atomic E-state index is 11.6. The molecule has 1 aromatic heterocycles. The van der Waals surface area contributed by atoms with E-state index in [1.54, 1.807) is 19.4 Å². The predicted molar refractivity (Wildman–Crippen MR) is 66.2 cm³/mol. The number of carbonyl (C=O) groups is 1. The lowest BCUT2D eigenvalue weighted by Gasteiger charge is -2.09. The molecule has 1 rings (SSSR count). The summed E-state index contributed by atoms with van der Waals surface area (Å²) in [6.45, 7) is 2.55. The number of halogens is 1. The molecule has 88 valence electrons. The Morgan fingerprint density at radius 1 is 1.62 bits per heavy atom. The Kier molecular flexibility index (Phi) is 5.42. The molecule has 5 heteroatoms. The zero-order valence-electron chi connectivity index (χ0n) is 9.37. The van der Waals surface area contributed by atoms with Gasteiger partial charge in [0.2, 0.25) is 5.91 Å². The zero-order valence-corrected chi connectivity index (χ0v) is 11.0. The first-order chi connectivity index (χ1) is 7.61. The molecule has 1 aromatic rings. The van der Waals surface area contributed by atoms with Crippen LogP contribution in [0, 0.1) is 5.92 Å². The highest BCUT2D eigenvalue weighted by molar-refractivity contribution is 9.10. The van der Waals surface area contributed by atoms with Crippen LogP contribution in [-0.2, 0) is 9.53 Å². The van der Waals surface area contributed by atoms with Crippen LogP contribution in [0.15, 0.2) is 22.8 Å². The second-order valence-corrected chi connectivity index (χ2v) is 4.59. The minimum Gasteiger partial charge on any atom is -0.384 e. The Morgan fingerprint density at radius 3 is 2.94 bits per heavy atom. The maximum Gasteiger partial charge on any atom is 0.225 e. The molecule has 0 aliphatic carbocycles. The van der Waals surface area contributed by atoms with Crippen molar-refractivity contribution in [3.05, 3.63) is 22.8 Å². The van der Waals surface area contributed by atoms with Crippen LogP contribution in [0.25, 0.3) is 0 Å². The summed E-state index contributed by atoms with van der Waals surface area (Å²) in [5, 5.41) is 2.73. The average Bonchev–Trinajstić information content (AvgIpc) is 2.21. The van der Waals surface area contributed by atoms with E-state index in [-0.39, 0.29) is 11.8 Å². The summed E-state index contributed by atoms with van der Waals surface area (Å²) in [6.07, 6.45) is 2.08. The highest BCUT2D eigenvalue weighted by Gasteiger charge is 2.09. The van der Waals surface area contributed by atoms with Crippen LogP contribution in [0.5, 0.6) is 0 Å². The first-order valence-corrected chi connectivity index (χ1v) is 5.81. The number of nitrogens with zero attached hydrogens (tertiary/aromatic N) is 1. The second kappa shape index (κ2) is 6.60. The monoisotopic (exact) mass is 286 g/mol. The Morgan fingerprint density at radius 2 is 2.38 bits per heavy atom. The number of aromatic nitrogens is 1. The van der Waals surface area contributed by atoms with Gasteiger partial charge in [0.05, 0.1) is 0 Å². The summed E-state index contributed by atoms with van der Waals surface area (Å²) in [5.41, 5.74) is 0. The normalized spacial score (nSPS) is 12.2. The number of nitrogens with one attached hydrogen (secondary N) is 1. The standard InChI is InChI=1S/C11H15BrN2O2/c1-8(7-16-2)5-11(15)14-10-4-3-9(12)6-13-10/h3-4,6,8H,5,7H2,1-2H3,(H,13,14,15). The van der Waals surface area contributed by atoms with Crippen molar-refractivity contribution in [3.8, 4) is 0 Å². The first-order valence-electron chi connectivity index (χ1n) is 5.02. The van der Waals surface area contributed by atoms with Gasteiger partial charge < -0.3 is 10.1 Å². The van der Waals surface area contributed by atoms with Gasteiger partial charge in [-0.3, -0.25) is 4.79 Å². The molecule has 4 nitrogen and oxygen atoms in total. The Balaban J connectivity index is 2.42. The van der Waals surface area contributed by atoms with Crippen molar-refractivity contribution >= 4 is 27.7 Å². The third kappa shape index (κ3) is 4.72. The average molecular weight is 287 g/mol. The number of pyridine rings is 1. The summed E-state index contributed by atoms with van der Waals surface area (Å²) in [5.74, 6) is 0.734. The van der Waals surface area contributed by atoms with Gasteiger partial charge in [-0.25, -0.2) is 4.98 Å². The number of rotatable bonds is 5. The van der Waals surface area contributed by atoms with E-state index in [0.717, 1.165) is 4.47 Å². The molecule has 1 unspecified atom stereocenters. The van der Waals surface area contributed by atoms with Crippen molar-refractivity contribution in [1.29, 1.82) is 0 Å². The summed E-state index contributed by atoms with van der Waals surface area (Å²) in [6, 6.07) is 3.59. The number of ether oxygens (including phenoxy) is 1. The molecule has 0 aromatic carbocycles. The Labute approximate surface area is 104 Å². The van der Waals surface area contributed by atoms with Gasteiger partial charge in [-0.05, 0) is 34.0 Å². The largest absolute Gasteiger partial charge is 0.384 e. The van der Waals surface area contributed by atoms with Gasteiger partial charge in [0, 0.05) is 30.8 Å². The van der Waals surface area contributed by atoms with Crippen molar-refractivity contribution in [2.75, 3.05) is 19.0 Å². The van der Waals surface area contributed by atoms with E-state index in [2.05, 4.69) is 26.2 Å². The van der Waals surface area contributed by atoms with Crippen molar-refractivity contribution in [1.82, 2.24) is 4.98 Å². The SMILES string of the molecule is COCC(C)CC(=O)Nc1ccc(Br)cn1. The third-order valence-electron chi connectivity index (χ3n) is 1.98. The quantitative estimate of drug-likeness (QED) is 0.905. The Bertz CT molecular complexity index is 340. The number of methoxy groups -OCH3 is 1. The molecule has 0 radical (unpaired) electrons. The van der Waals surface area contributed by atoms with Crippen LogP contribution < -0.4 is 5.32 Å². The van der Waals surface area contributed by atoms with Gasteiger partial charge in [0.25, 0.3) is 0 Å². The lowest BCUT2D eigenvalue weighted by Crippen LogP contribution is -2.18. The molecule has 0 aliphatic heterocycles. The molecule has 0 saturated heterocycles. The van der Waals surface area contributed by atoms with E-state index in [1.165, 1.54) is 0 Å². The van der Waals surface area contributed by atoms with Gasteiger partial charge in [-0.2, -0.15) is 0 Å². The van der Waals surface area contributed by atoms with Crippen LogP contribution in [0.3, 0.4) is 0 Å². The van der Waals surface area contributed by atoms with E-state index < -0.39 is 0 Å². The van der Waals surface area contributed by atoms with Crippen LogP contribution in [0.4, 0.5) is 5.82 Å². The second-order valence-electron chi connectivity index (χ2n) is 3.67. The third-order valence-corrected chi connectivity index (χ3v) is 2.45. The number of hydrogen-bond donors (Lipinski definition) is 1. The molecular formula is C11H15BrN2O2. The predicted octanol–water partition coefficient (Wildman–Crippen LogP) is 2.46. The molecule has 1 heterocycles. The topological polar surface area (TPSA) is 51.2 Å². The molecule has 0 bridgehead atoms. The lowest BCUT2D eigenvalue weighted by molar-refractivity contribution is -0.117. The van der Waals surface area contributed by atoms with Gasteiger partial charge in [-0.15, -0.1) is 0 Å². The fourth-order valence-corrected chi connectivity index (χ4v) is 1.54. The summed E-state index contributed by atoms with van der Waals surface area (Å²) < 4.78 is 5.86. The van der Waals surface area contributed by atoms with Crippen LogP contribution in [0.1, 0.15) is 13.3 Å². The van der Waals surface area contributed by atoms with E-state index >= 15 is 0 Å². The van der Waals surface area contributed by atoms with Gasteiger partial charge in [-0.1, -0.05) is 6.92 Å². The van der Waals surface area contributed by atoms with E-state index in [1.807, 2.05) is 13.0 Å². The first kappa shape index (κ1) is 13.1. The van der Waals surface area contributed by atoms with Crippen molar-refractivity contribution < 1.29 is 9.53 Å². The van der Waals surface area contributed by atoms with Crippen LogP contribution in [-0.4, -0.2) is 24.6 Å². The molecule has 16 heavy (non-hydrogen) atoms. The number of carbonyl (C=O) groups excluding carboxylic acids is 1. The summed E-state index contributed by atoms with van der Waals surface area (Å²) in [4.78, 5) is 15.6. The summed E-state index contributed by atoms with van der Waals surface area (Å²) >= 11 is 3.28. The molecule has 0 spiro atoms. The highest BCUT2D eigenvalue weighted by atomic mass is 79.9. The molecule has 1 N–H and O–H groups in total. The number of amides is 1. The summed E-state index contributed by atoms with van der Waals surface area (Å²) in [7, 11) is 1.63. The zero-order chi connectivity index (χ0) is 12.0. The van der Waals surface area contributed by atoms with Crippen molar-refractivity contribution in [2.45, 2.75) is 13.3 Å². The molecule has 0 saturated carbocycles. The van der Waals surface area contributed by atoms with E-state index in [0.29, 0.717) is 18.8 Å². The van der Waals surface area contributed by atoms with E-state index in [4.69, 9.17) is 4.74 Å². The van der Waals surface area contributed by atoms with Crippen LogP contribution in [0.2, 0.25) is 0 Å². The van der Waals surface area contributed by atoms with Gasteiger partial charge in [0.15, 0.2) is 0 Å². The van der Waals surface area contributed by atoms with Crippen molar-refractivity contribution in [3.63, 3.8) is 0 Å². The van der Waals surface area contributed by atoms with Gasteiger partial charge >= 0.3 is 0 Å². The minimum atomic E-state index is -0.0422. The van der Waals surface area contributed by atoms with Crippen molar-refractivity contribution in [2.24, 2.45) is 5.92 Å². The fourth-order valence-electron chi connectivity index (χ4n) is 1.30. The van der Waals surface area contributed by atoms with E-state index in [9.17, 15) is 4.79 Å². The number of anilines is 1. The smallest absolute Gasteiger partial charge is 0.225 e. The molecule has 0 fully saturated rings. The lowest BCUT2D eigenvalue weighted by atomic mass is 10.1. The maximum absolute atomic E-state index is 11.6.